The number of rotatable bonds is 2. The molecule has 0 radical (unpaired) electrons. The number of nitrogens with two attached hydrogens (primary N) is 1. The Kier molecular flexibility index (Phi) is 2.78. The summed E-state index contributed by atoms with van der Waals surface area (Å²) in [5, 5.41) is 8.61. The number of benzene rings is 1. The molecule has 1 aromatic carbocycles. The van der Waals surface area contributed by atoms with E-state index in [1.807, 2.05) is 6.07 Å². The van der Waals surface area contributed by atoms with Crippen molar-refractivity contribution in [1.82, 2.24) is 0 Å². The van der Waals surface area contributed by atoms with E-state index in [4.69, 9.17) is 11.0 Å². The van der Waals surface area contributed by atoms with Crippen molar-refractivity contribution in [2.75, 3.05) is 6.54 Å². The fourth-order valence-electron chi connectivity index (χ4n) is 1.01. The molecular weight excluding hydrogens is 155 g/mol. The first-order chi connectivity index (χ1) is 5.79. The van der Waals surface area contributed by atoms with Crippen LogP contribution in [0.5, 0.6) is 0 Å². The van der Waals surface area contributed by atoms with Gasteiger partial charge in [0.15, 0.2) is 0 Å². The molecule has 0 bridgehead atoms. The molecule has 0 fully saturated rings. The molecule has 0 aliphatic carbocycles. The predicted molar refractivity (Wildman–Crippen MR) is 43.8 cm³/mol. The molecule has 1 aromatic rings. The number of halogens is 1. The minimum atomic E-state index is -0.536. The van der Waals surface area contributed by atoms with Crippen molar-refractivity contribution in [2.45, 2.75) is 5.92 Å². The molecule has 1 atom stereocenters. The van der Waals surface area contributed by atoms with E-state index < -0.39 is 5.92 Å². The van der Waals surface area contributed by atoms with Gasteiger partial charge >= 0.3 is 0 Å². The van der Waals surface area contributed by atoms with Gasteiger partial charge in [-0.3, -0.25) is 0 Å². The molecule has 12 heavy (non-hydrogen) atoms. The number of hydrogen-bond donors (Lipinski definition) is 1. The van der Waals surface area contributed by atoms with Crippen LogP contribution in [0.4, 0.5) is 4.39 Å². The first kappa shape index (κ1) is 8.69. The maximum atomic E-state index is 13.0. The molecule has 0 amide bonds. The Morgan fingerprint density at radius 2 is 2.17 bits per heavy atom. The first-order valence-electron chi connectivity index (χ1n) is 3.63. The quantitative estimate of drug-likeness (QED) is 0.718. The van der Waals surface area contributed by atoms with E-state index in [-0.39, 0.29) is 12.4 Å². The van der Waals surface area contributed by atoms with E-state index >= 15 is 0 Å². The second-order valence-electron chi connectivity index (χ2n) is 2.44. The Morgan fingerprint density at radius 1 is 1.50 bits per heavy atom. The average Bonchev–Trinajstić information content (AvgIpc) is 2.10. The number of nitriles is 1. The van der Waals surface area contributed by atoms with Gasteiger partial charge in [0.05, 0.1) is 12.0 Å². The Bertz CT molecular complexity index is 304. The molecule has 0 aliphatic rings. The van der Waals surface area contributed by atoms with Gasteiger partial charge in [-0.2, -0.15) is 5.26 Å². The Hall–Kier alpha value is -1.40. The molecule has 0 aromatic heterocycles. The van der Waals surface area contributed by atoms with Crippen molar-refractivity contribution in [1.29, 1.82) is 5.26 Å². The Balaban J connectivity index is 3.02. The molecule has 3 heteroatoms. The highest BCUT2D eigenvalue weighted by Crippen LogP contribution is 2.16. The number of hydrogen-bond acceptors (Lipinski definition) is 2. The molecule has 0 aliphatic heterocycles. The Labute approximate surface area is 70.4 Å². The summed E-state index contributed by atoms with van der Waals surface area (Å²) in [4.78, 5) is 0. The molecule has 0 heterocycles. The third kappa shape index (κ3) is 1.60. The summed E-state index contributed by atoms with van der Waals surface area (Å²) >= 11 is 0. The van der Waals surface area contributed by atoms with Gasteiger partial charge in [0, 0.05) is 12.1 Å². The van der Waals surface area contributed by atoms with Crippen molar-refractivity contribution in [3.8, 4) is 6.07 Å². The molecule has 0 spiro atoms. The van der Waals surface area contributed by atoms with Gasteiger partial charge in [-0.1, -0.05) is 18.2 Å². The fraction of sp³-hybridized carbons (Fsp3) is 0.222. The van der Waals surface area contributed by atoms with E-state index in [0.29, 0.717) is 5.56 Å². The van der Waals surface area contributed by atoms with Crippen molar-refractivity contribution < 1.29 is 4.39 Å². The minimum Gasteiger partial charge on any atom is -0.329 e. The summed E-state index contributed by atoms with van der Waals surface area (Å²) < 4.78 is 13.0. The summed E-state index contributed by atoms with van der Waals surface area (Å²) in [6.07, 6.45) is 0. The zero-order chi connectivity index (χ0) is 8.97. The lowest BCUT2D eigenvalue weighted by Crippen LogP contribution is -2.11. The van der Waals surface area contributed by atoms with Gasteiger partial charge in [0.25, 0.3) is 0 Å². The molecule has 1 rings (SSSR count). The van der Waals surface area contributed by atoms with Crippen molar-refractivity contribution in [3.63, 3.8) is 0 Å². The minimum absolute atomic E-state index is 0.150. The largest absolute Gasteiger partial charge is 0.329 e. The van der Waals surface area contributed by atoms with Gasteiger partial charge in [-0.05, 0) is 6.07 Å². The lowest BCUT2D eigenvalue weighted by atomic mass is 10.0. The third-order valence-electron chi connectivity index (χ3n) is 1.67. The van der Waals surface area contributed by atoms with Crippen LogP contribution in [-0.2, 0) is 0 Å². The van der Waals surface area contributed by atoms with Crippen LogP contribution in [0.1, 0.15) is 11.5 Å². The lowest BCUT2D eigenvalue weighted by Gasteiger charge is -2.06. The van der Waals surface area contributed by atoms with Gasteiger partial charge in [-0.25, -0.2) is 4.39 Å². The lowest BCUT2D eigenvalue weighted by molar-refractivity contribution is 0.602. The predicted octanol–water partition coefficient (Wildman–Crippen LogP) is 1.39. The normalized spacial score (nSPS) is 12.1. The third-order valence-corrected chi connectivity index (χ3v) is 1.67. The molecular formula is C9H9FN2. The molecule has 2 N–H and O–H groups in total. The number of nitrogens with zero attached hydrogens (tertiary/aromatic N) is 1. The van der Waals surface area contributed by atoms with Crippen LogP contribution in [-0.4, -0.2) is 6.54 Å². The van der Waals surface area contributed by atoms with Crippen LogP contribution < -0.4 is 5.73 Å². The molecule has 2 nitrogen and oxygen atoms in total. The van der Waals surface area contributed by atoms with Crippen LogP contribution in [0.2, 0.25) is 0 Å². The zero-order valence-corrected chi connectivity index (χ0v) is 6.50. The highest BCUT2D eigenvalue weighted by molar-refractivity contribution is 5.26. The van der Waals surface area contributed by atoms with E-state index in [1.165, 1.54) is 6.07 Å². The van der Waals surface area contributed by atoms with Gasteiger partial charge in [0.2, 0.25) is 0 Å². The van der Waals surface area contributed by atoms with Crippen molar-refractivity contribution >= 4 is 0 Å². The summed E-state index contributed by atoms with van der Waals surface area (Å²) in [5.41, 5.74) is 5.67. The average molecular weight is 164 g/mol. The van der Waals surface area contributed by atoms with Crippen molar-refractivity contribution in [3.05, 3.63) is 35.6 Å². The van der Waals surface area contributed by atoms with Gasteiger partial charge in [0.1, 0.15) is 5.82 Å². The van der Waals surface area contributed by atoms with Crippen molar-refractivity contribution in [2.24, 2.45) is 5.73 Å². The fourth-order valence-corrected chi connectivity index (χ4v) is 1.01. The highest BCUT2D eigenvalue weighted by Gasteiger charge is 2.11. The smallest absolute Gasteiger partial charge is 0.127 e. The zero-order valence-electron chi connectivity index (χ0n) is 6.50. The second-order valence-corrected chi connectivity index (χ2v) is 2.44. The Morgan fingerprint density at radius 3 is 2.67 bits per heavy atom. The summed E-state index contributed by atoms with van der Waals surface area (Å²) in [6.45, 7) is 0.150. The summed E-state index contributed by atoms with van der Waals surface area (Å²) in [7, 11) is 0. The van der Waals surface area contributed by atoms with Gasteiger partial charge < -0.3 is 5.73 Å². The topological polar surface area (TPSA) is 49.8 Å². The summed E-state index contributed by atoms with van der Waals surface area (Å²) in [5.74, 6) is -0.902. The maximum absolute atomic E-state index is 13.0. The van der Waals surface area contributed by atoms with E-state index in [0.717, 1.165) is 0 Å². The first-order valence-corrected chi connectivity index (χ1v) is 3.63. The second kappa shape index (κ2) is 3.84. The highest BCUT2D eigenvalue weighted by atomic mass is 19.1. The summed E-state index contributed by atoms with van der Waals surface area (Å²) in [6, 6.07) is 8.13. The standard InChI is InChI=1S/C9H9FN2/c10-9-4-2-1-3-8(9)7(5-11)6-12/h1-4,7H,5,11H2. The van der Waals surface area contributed by atoms with Crippen LogP contribution in [0.3, 0.4) is 0 Å². The van der Waals surface area contributed by atoms with Gasteiger partial charge in [-0.15, -0.1) is 0 Å². The van der Waals surface area contributed by atoms with Crippen LogP contribution in [0.15, 0.2) is 24.3 Å². The van der Waals surface area contributed by atoms with Crippen LogP contribution in [0.25, 0.3) is 0 Å². The molecule has 1 unspecified atom stereocenters. The van der Waals surface area contributed by atoms with E-state index in [9.17, 15) is 4.39 Å². The SMILES string of the molecule is N#CC(CN)c1ccccc1F. The maximum Gasteiger partial charge on any atom is 0.127 e. The monoisotopic (exact) mass is 164 g/mol. The van der Waals surface area contributed by atoms with Crippen LogP contribution in [0, 0.1) is 17.1 Å². The molecule has 0 saturated heterocycles. The van der Waals surface area contributed by atoms with Crippen LogP contribution >= 0.6 is 0 Å². The van der Waals surface area contributed by atoms with E-state index in [1.54, 1.807) is 18.2 Å². The molecule has 62 valence electrons. The van der Waals surface area contributed by atoms with E-state index in [2.05, 4.69) is 0 Å². The molecule has 0 saturated carbocycles.